The van der Waals surface area contributed by atoms with Crippen LogP contribution in [-0.4, -0.2) is 72.6 Å². The molecule has 1 aromatic carbocycles. The lowest BCUT2D eigenvalue weighted by Crippen LogP contribution is -2.46. The van der Waals surface area contributed by atoms with Gasteiger partial charge in [0.1, 0.15) is 11.6 Å². The third-order valence-corrected chi connectivity index (χ3v) is 6.89. The molecule has 166 valence electrons. The molecule has 0 N–H and O–H groups in total. The minimum absolute atomic E-state index is 0.115. The molecule has 0 saturated carbocycles. The maximum atomic E-state index is 14.4. The number of hydrogen-bond acceptors (Lipinski definition) is 6. The zero-order valence-electron chi connectivity index (χ0n) is 18.8. The summed E-state index contributed by atoms with van der Waals surface area (Å²) in [6.45, 7) is 10.5. The number of anilines is 2. The standard InChI is InChI=1S/C24H33FN6/c1-18-5-6-21(25)19(15-18)16-29-10-7-22-20(17-29)23(30-13-11-28(2)12-14-30)27-24(26-22)31-8-3-4-9-31/h5-6,15H,3-4,7-14,16-17H2,1-2H3. The normalized spacial score (nSPS) is 20.4. The van der Waals surface area contributed by atoms with Gasteiger partial charge in [0.2, 0.25) is 5.95 Å². The maximum absolute atomic E-state index is 14.4. The minimum Gasteiger partial charge on any atom is -0.354 e. The van der Waals surface area contributed by atoms with Gasteiger partial charge in [0.05, 0.1) is 5.69 Å². The third-order valence-electron chi connectivity index (χ3n) is 6.89. The average molecular weight is 425 g/mol. The average Bonchev–Trinajstić information content (AvgIpc) is 3.31. The van der Waals surface area contributed by atoms with Crippen molar-refractivity contribution in [1.29, 1.82) is 0 Å². The third kappa shape index (κ3) is 4.39. The molecule has 2 aromatic rings. The fourth-order valence-corrected chi connectivity index (χ4v) is 4.98. The Kier molecular flexibility index (Phi) is 5.80. The van der Waals surface area contributed by atoms with Crippen LogP contribution in [0.4, 0.5) is 16.2 Å². The SMILES string of the molecule is Cc1ccc(F)c(CN2CCc3nc(N4CCCC4)nc(N4CCN(C)CC4)c3C2)c1. The Bertz CT molecular complexity index is 934. The van der Waals surface area contributed by atoms with Crippen molar-refractivity contribution in [2.24, 2.45) is 0 Å². The number of likely N-dealkylation sites (N-methyl/N-ethyl adjacent to an activating group) is 1. The number of rotatable bonds is 4. The van der Waals surface area contributed by atoms with Crippen LogP contribution in [0.25, 0.3) is 0 Å². The van der Waals surface area contributed by atoms with Crippen molar-refractivity contribution in [3.63, 3.8) is 0 Å². The molecule has 0 aliphatic carbocycles. The fraction of sp³-hybridized carbons (Fsp3) is 0.583. The summed E-state index contributed by atoms with van der Waals surface area (Å²) < 4.78 is 14.4. The maximum Gasteiger partial charge on any atom is 0.227 e. The van der Waals surface area contributed by atoms with Gasteiger partial charge >= 0.3 is 0 Å². The minimum atomic E-state index is -0.115. The van der Waals surface area contributed by atoms with Crippen molar-refractivity contribution >= 4 is 11.8 Å². The molecule has 0 spiro atoms. The number of piperazine rings is 1. The monoisotopic (exact) mass is 424 g/mol. The lowest BCUT2D eigenvalue weighted by molar-refractivity contribution is 0.239. The molecule has 0 atom stereocenters. The molecule has 0 bridgehead atoms. The molecule has 4 heterocycles. The molecule has 5 rings (SSSR count). The van der Waals surface area contributed by atoms with Crippen LogP contribution in [0.5, 0.6) is 0 Å². The first-order valence-electron chi connectivity index (χ1n) is 11.6. The molecule has 1 aromatic heterocycles. The Morgan fingerprint density at radius 2 is 1.71 bits per heavy atom. The number of nitrogens with zero attached hydrogens (tertiary/aromatic N) is 6. The smallest absolute Gasteiger partial charge is 0.227 e. The highest BCUT2D eigenvalue weighted by molar-refractivity contribution is 5.55. The lowest BCUT2D eigenvalue weighted by Gasteiger charge is -2.37. The molecule has 2 saturated heterocycles. The van der Waals surface area contributed by atoms with Crippen LogP contribution >= 0.6 is 0 Å². The van der Waals surface area contributed by atoms with Crippen molar-refractivity contribution in [3.8, 4) is 0 Å². The van der Waals surface area contributed by atoms with Crippen molar-refractivity contribution < 1.29 is 4.39 Å². The van der Waals surface area contributed by atoms with E-state index in [-0.39, 0.29) is 5.82 Å². The van der Waals surface area contributed by atoms with Gasteiger partial charge in [-0.05, 0) is 32.9 Å². The molecule has 6 nitrogen and oxygen atoms in total. The Labute approximate surface area is 184 Å². The summed E-state index contributed by atoms with van der Waals surface area (Å²) in [6.07, 6.45) is 3.34. The van der Waals surface area contributed by atoms with Gasteiger partial charge < -0.3 is 14.7 Å². The Morgan fingerprint density at radius 3 is 2.48 bits per heavy atom. The van der Waals surface area contributed by atoms with E-state index >= 15 is 0 Å². The van der Waals surface area contributed by atoms with E-state index in [0.29, 0.717) is 6.54 Å². The van der Waals surface area contributed by atoms with E-state index in [1.54, 1.807) is 6.07 Å². The molecule has 31 heavy (non-hydrogen) atoms. The Morgan fingerprint density at radius 1 is 0.935 bits per heavy atom. The largest absolute Gasteiger partial charge is 0.354 e. The van der Waals surface area contributed by atoms with Gasteiger partial charge in [0, 0.05) is 76.5 Å². The summed E-state index contributed by atoms with van der Waals surface area (Å²) >= 11 is 0. The van der Waals surface area contributed by atoms with Crippen LogP contribution in [-0.2, 0) is 19.5 Å². The zero-order chi connectivity index (χ0) is 21.4. The first-order chi connectivity index (χ1) is 15.1. The van der Waals surface area contributed by atoms with Gasteiger partial charge in [-0.25, -0.2) is 9.37 Å². The quantitative estimate of drug-likeness (QED) is 0.752. The summed E-state index contributed by atoms with van der Waals surface area (Å²) in [5.41, 5.74) is 4.31. The predicted octanol–water partition coefficient (Wildman–Crippen LogP) is 2.83. The van der Waals surface area contributed by atoms with Crippen LogP contribution < -0.4 is 9.80 Å². The first kappa shape index (κ1) is 20.6. The molecular formula is C24H33FN6. The molecule has 3 aliphatic heterocycles. The topological polar surface area (TPSA) is 38.7 Å². The highest BCUT2D eigenvalue weighted by atomic mass is 19.1. The highest BCUT2D eigenvalue weighted by Gasteiger charge is 2.28. The van der Waals surface area contributed by atoms with E-state index in [4.69, 9.17) is 9.97 Å². The second-order valence-corrected chi connectivity index (χ2v) is 9.31. The summed E-state index contributed by atoms with van der Waals surface area (Å²) in [4.78, 5) is 19.6. The summed E-state index contributed by atoms with van der Waals surface area (Å²) in [6, 6.07) is 5.40. The number of benzene rings is 1. The van der Waals surface area contributed by atoms with E-state index < -0.39 is 0 Å². The van der Waals surface area contributed by atoms with Gasteiger partial charge in [-0.3, -0.25) is 4.90 Å². The van der Waals surface area contributed by atoms with Crippen LogP contribution in [0.3, 0.4) is 0 Å². The van der Waals surface area contributed by atoms with Crippen molar-refractivity contribution in [3.05, 3.63) is 46.4 Å². The molecule has 7 heteroatoms. The van der Waals surface area contributed by atoms with E-state index in [0.717, 1.165) is 81.7 Å². The molecule has 3 aliphatic rings. The van der Waals surface area contributed by atoms with Gasteiger partial charge in [-0.1, -0.05) is 17.7 Å². The number of aryl methyl sites for hydroxylation is 1. The summed E-state index contributed by atoms with van der Waals surface area (Å²) in [5, 5.41) is 0. The van der Waals surface area contributed by atoms with Crippen LogP contribution in [0.1, 0.15) is 35.2 Å². The number of fused-ring (bicyclic) bond motifs is 1. The Balaban J connectivity index is 1.44. The number of halogens is 1. The Hall–Kier alpha value is -2.25. The van der Waals surface area contributed by atoms with Gasteiger partial charge in [-0.2, -0.15) is 4.98 Å². The summed E-state index contributed by atoms with van der Waals surface area (Å²) in [5.74, 6) is 1.90. The number of hydrogen-bond donors (Lipinski definition) is 0. The summed E-state index contributed by atoms with van der Waals surface area (Å²) in [7, 11) is 2.18. The fourth-order valence-electron chi connectivity index (χ4n) is 4.98. The van der Waals surface area contributed by atoms with Crippen LogP contribution in [0.15, 0.2) is 18.2 Å². The van der Waals surface area contributed by atoms with E-state index in [1.165, 1.54) is 24.1 Å². The van der Waals surface area contributed by atoms with Crippen molar-refractivity contribution in [2.45, 2.75) is 39.3 Å². The van der Waals surface area contributed by atoms with Crippen molar-refractivity contribution in [2.75, 3.05) is 62.7 Å². The molecule has 0 amide bonds. The second kappa shape index (κ2) is 8.71. The van der Waals surface area contributed by atoms with E-state index in [9.17, 15) is 4.39 Å². The highest BCUT2D eigenvalue weighted by Crippen LogP contribution is 2.31. The first-order valence-corrected chi connectivity index (χ1v) is 11.6. The van der Waals surface area contributed by atoms with Crippen LogP contribution in [0.2, 0.25) is 0 Å². The van der Waals surface area contributed by atoms with E-state index in [1.807, 2.05) is 19.1 Å². The van der Waals surface area contributed by atoms with Gasteiger partial charge in [0.15, 0.2) is 0 Å². The molecule has 0 unspecified atom stereocenters. The van der Waals surface area contributed by atoms with Gasteiger partial charge in [0.25, 0.3) is 0 Å². The lowest BCUT2D eigenvalue weighted by atomic mass is 10.0. The predicted molar refractivity (Wildman–Crippen MR) is 122 cm³/mol. The van der Waals surface area contributed by atoms with Crippen molar-refractivity contribution in [1.82, 2.24) is 19.8 Å². The van der Waals surface area contributed by atoms with Gasteiger partial charge in [-0.15, -0.1) is 0 Å². The molecule has 0 radical (unpaired) electrons. The van der Waals surface area contributed by atoms with Crippen LogP contribution in [0, 0.1) is 12.7 Å². The molecular weight excluding hydrogens is 391 g/mol. The van der Waals surface area contributed by atoms with E-state index in [2.05, 4.69) is 26.6 Å². The molecule has 2 fully saturated rings. The number of aromatic nitrogens is 2. The second-order valence-electron chi connectivity index (χ2n) is 9.31. The zero-order valence-corrected chi connectivity index (χ0v) is 18.8.